The van der Waals surface area contributed by atoms with Gasteiger partial charge in [-0.15, -0.1) is 0 Å². The van der Waals surface area contributed by atoms with Gasteiger partial charge in [-0.25, -0.2) is 4.79 Å². The molecule has 0 radical (unpaired) electrons. The molecule has 0 bridgehead atoms. The molecule has 1 unspecified atom stereocenters. The summed E-state index contributed by atoms with van der Waals surface area (Å²) in [6, 6.07) is 8.26. The molecule has 0 aliphatic rings. The molecule has 0 aliphatic heterocycles. The topological polar surface area (TPSA) is 26.3 Å². The van der Waals surface area contributed by atoms with E-state index >= 15 is 0 Å². The Hall–Kier alpha value is -0.810. The predicted octanol–water partition coefficient (Wildman–Crippen LogP) is 5.33. The number of ether oxygens (including phenoxy) is 1. The minimum atomic E-state index is 0. The fourth-order valence-electron chi connectivity index (χ4n) is 6.05. The van der Waals surface area contributed by atoms with Gasteiger partial charge in [-0.1, -0.05) is 129 Å². The number of carbonyl (C=O) groups excluding carboxylic acids is 1. The van der Waals surface area contributed by atoms with Crippen molar-refractivity contribution >= 4 is 5.91 Å². The molecule has 0 fully saturated rings. The van der Waals surface area contributed by atoms with Crippen molar-refractivity contribution in [2.45, 2.75) is 174 Å². The Balaban J connectivity index is 0. The van der Waals surface area contributed by atoms with E-state index < -0.39 is 0 Å². The van der Waals surface area contributed by atoms with Gasteiger partial charge < -0.3 is 29.6 Å². The molecule has 6 heteroatoms. The fraction of sp³-hybridized carbons (Fsp3) is 0.821. The van der Waals surface area contributed by atoms with Gasteiger partial charge in [-0.05, 0) is 49.9 Å². The number of hydrogen-bond donors (Lipinski definition) is 0. The van der Waals surface area contributed by atoms with Gasteiger partial charge in [0, 0.05) is 6.92 Å². The van der Waals surface area contributed by atoms with Gasteiger partial charge in [0.1, 0.15) is 5.75 Å². The molecule has 266 valence electrons. The number of unbranched alkanes of at least 4 members (excludes halogenated alkanes) is 18. The van der Waals surface area contributed by atoms with E-state index in [-0.39, 0.29) is 36.9 Å². The Labute approximate surface area is 293 Å². The summed E-state index contributed by atoms with van der Waals surface area (Å²) in [4.78, 5) is 13.9. The summed E-state index contributed by atoms with van der Waals surface area (Å²) in [5.41, 5.74) is 0.798. The van der Waals surface area contributed by atoms with Gasteiger partial charge in [-0.2, -0.15) is 0 Å². The molecule has 0 aromatic heterocycles. The number of rotatable bonds is 27. The largest absolute Gasteiger partial charge is 1.00 e. The Morgan fingerprint density at radius 3 is 1.24 bits per heavy atom. The second kappa shape index (κ2) is 27.2. The average molecular weight is 674 g/mol. The summed E-state index contributed by atoms with van der Waals surface area (Å²) in [5.74, 6) is 1.06. The van der Waals surface area contributed by atoms with Crippen LogP contribution in [-0.2, 0) is 0 Å². The number of quaternary nitrogens is 2. The van der Waals surface area contributed by atoms with Crippen molar-refractivity contribution in [3.8, 4) is 5.75 Å². The fourth-order valence-corrected chi connectivity index (χ4v) is 6.05. The maximum atomic E-state index is 13.9. The van der Waals surface area contributed by atoms with E-state index in [1.807, 2.05) is 24.3 Å². The lowest BCUT2D eigenvalue weighted by Gasteiger charge is -2.36. The Morgan fingerprint density at radius 2 is 0.911 bits per heavy atom. The molecule has 1 amide bonds. The van der Waals surface area contributed by atoms with E-state index in [1.54, 1.807) is 0 Å². The second-order valence-electron chi connectivity index (χ2n) is 14.8. The number of benzene rings is 1. The maximum Gasteiger partial charge on any atom is 0.345 e. The predicted molar refractivity (Wildman–Crippen MR) is 188 cm³/mol. The third-order valence-electron chi connectivity index (χ3n) is 9.72. The lowest BCUT2D eigenvalue weighted by molar-refractivity contribution is -0.912. The van der Waals surface area contributed by atoms with Crippen LogP contribution < -0.4 is 29.6 Å². The first-order chi connectivity index (χ1) is 20.5. The quantitative estimate of drug-likeness (QED) is 0.0718. The van der Waals surface area contributed by atoms with Gasteiger partial charge in [-0.3, -0.25) is 8.97 Å². The Morgan fingerprint density at radius 1 is 0.578 bits per heavy atom. The van der Waals surface area contributed by atoms with Crippen LogP contribution >= 0.6 is 0 Å². The zero-order valence-electron chi connectivity index (χ0n) is 31.0. The van der Waals surface area contributed by atoms with Crippen molar-refractivity contribution in [2.24, 2.45) is 0 Å². The molecule has 0 saturated heterocycles. The van der Waals surface area contributed by atoms with Crippen LogP contribution in [0.5, 0.6) is 5.75 Å². The van der Waals surface area contributed by atoms with Crippen molar-refractivity contribution in [2.75, 3.05) is 35.2 Å². The molecule has 45 heavy (non-hydrogen) atoms. The molecule has 0 heterocycles. The van der Waals surface area contributed by atoms with Crippen molar-refractivity contribution in [3.63, 3.8) is 0 Å². The van der Waals surface area contributed by atoms with Crippen LogP contribution in [0.1, 0.15) is 172 Å². The van der Waals surface area contributed by atoms with Crippen molar-refractivity contribution in [1.82, 2.24) is 0 Å². The molecular weight excluding hydrogens is 599 g/mol. The normalized spacial score (nSPS) is 12.5. The lowest BCUT2D eigenvalue weighted by atomic mass is 9.96. The summed E-state index contributed by atoms with van der Waals surface area (Å²) in [5, 5.41) is 0. The minimum Gasteiger partial charge on any atom is -1.00 e. The van der Waals surface area contributed by atoms with Crippen molar-refractivity contribution in [3.05, 3.63) is 29.8 Å². The molecular formula is C39H74Cl2N2O2. The molecule has 0 saturated carbocycles. The van der Waals surface area contributed by atoms with Gasteiger partial charge >= 0.3 is 5.91 Å². The summed E-state index contributed by atoms with van der Waals surface area (Å²) >= 11 is 0. The smallest absolute Gasteiger partial charge is 0.345 e. The highest BCUT2D eigenvalue weighted by Crippen LogP contribution is 2.26. The van der Waals surface area contributed by atoms with Gasteiger partial charge in [0.15, 0.2) is 0 Å². The molecule has 1 atom stereocenters. The van der Waals surface area contributed by atoms with Gasteiger partial charge in [0.25, 0.3) is 0 Å². The molecule has 0 aliphatic carbocycles. The highest BCUT2D eigenvalue weighted by molar-refractivity contribution is 5.89. The number of nitrogens with zero attached hydrogens (tertiary/aromatic N) is 2. The van der Waals surface area contributed by atoms with Crippen LogP contribution in [0.25, 0.3) is 0 Å². The third-order valence-corrected chi connectivity index (χ3v) is 9.72. The van der Waals surface area contributed by atoms with Crippen molar-refractivity contribution < 1.29 is 43.3 Å². The van der Waals surface area contributed by atoms with E-state index in [2.05, 4.69) is 56.0 Å². The summed E-state index contributed by atoms with van der Waals surface area (Å²) in [7, 11) is 10.7. The van der Waals surface area contributed by atoms with Crippen LogP contribution in [0, 0.1) is 0 Å². The van der Waals surface area contributed by atoms with E-state index in [9.17, 15) is 4.79 Å². The van der Waals surface area contributed by atoms with E-state index in [0.717, 1.165) is 28.6 Å². The highest BCUT2D eigenvalue weighted by Gasteiger charge is 2.36. The molecule has 1 rings (SSSR count). The van der Waals surface area contributed by atoms with Crippen LogP contribution in [0.4, 0.5) is 0 Å². The van der Waals surface area contributed by atoms with E-state index in [1.165, 1.54) is 128 Å². The zero-order chi connectivity index (χ0) is 32.0. The average Bonchev–Trinajstić information content (AvgIpc) is 2.97. The number of halogens is 2. The van der Waals surface area contributed by atoms with Crippen LogP contribution in [0.2, 0.25) is 0 Å². The van der Waals surface area contributed by atoms with E-state index in [4.69, 9.17) is 4.74 Å². The summed E-state index contributed by atoms with van der Waals surface area (Å²) < 4.78 is 7.31. The first-order valence-electron chi connectivity index (χ1n) is 18.5. The number of amides is 1. The summed E-state index contributed by atoms with van der Waals surface area (Å²) in [6.07, 6.45) is 29.5. The van der Waals surface area contributed by atoms with E-state index in [0.29, 0.717) is 10.5 Å². The molecule has 4 nitrogen and oxygen atoms in total. The Bertz CT molecular complexity index is 799. The van der Waals surface area contributed by atoms with Crippen LogP contribution in [0.3, 0.4) is 0 Å². The third kappa shape index (κ3) is 20.9. The second-order valence-corrected chi connectivity index (χ2v) is 14.8. The van der Waals surface area contributed by atoms with Crippen LogP contribution in [-0.4, -0.2) is 62.4 Å². The lowest BCUT2D eigenvalue weighted by Crippen LogP contribution is -3.00. The molecule has 1 aromatic rings. The summed E-state index contributed by atoms with van der Waals surface area (Å²) in [6.45, 7) is 6.67. The standard InChI is InChI=1S/C39H74N2O2.2ClH/c1-9-11-13-15-17-19-21-23-25-27-29-37(30-28-26-24-22-20-18-16-14-12-10-2)41(7,8)39(42)36-31-33-38(34-32-36)43-35(3)40(4,5)6;;/h31-35,37H,9-30H2,1-8H3;2*1H/q+2;;/p-2. The first kappa shape index (κ1) is 46.3. The number of hydrogen-bond acceptors (Lipinski definition) is 2. The van der Waals surface area contributed by atoms with Crippen LogP contribution in [0.15, 0.2) is 24.3 Å². The number of carbonyl (C=O) groups is 1. The van der Waals surface area contributed by atoms with Crippen molar-refractivity contribution in [1.29, 1.82) is 0 Å². The molecule has 0 N–H and O–H groups in total. The maximum absolute atomic E-state index is 13.9. The Kier molecular flexibility index (Phi) is 28.0. The molecule has 1 aromatic carbocycles. The van der Waals surface area contributed by atoms with Gasteiger partial charge in [0.2, 0.25) is 6.23 Å². The zero-order valence-corrected chi connectivity index (χ0v) is 32.5. The first-order valence-corrected chi connectivity index (χ1v) is 18.5. The SMILES string of the molecule is CCCCCCCCCCCCC(CCCCCCCCCCCC)[N+](C)(C)C(=O)c1ccc(OC(C)[N+](C)(C)C)cc1.[Cl-].[Cl-]. The highest BCUT2D eigenvalue weighted by atomic mass is 35.5. The monoisotopic (exact) mass is 673 g/mol. The van der Waals surface area contributed by atoms with Gasteiger partial charge in [0.05, 0.1) is 46.8 Å². The molecule has 0 spiro atoms. The minimum absolute atomic E-state index is 0.